The van der Waals surface area contributed by atoms with Crippen LogP contribution in [0.5, 0.6) is 0 Å². The van der Waals surface area contributed by atoms with Gasteiger partial charge in [0.15, 0.2) is 0 Å². The highest BCUT2D eigenvalue weighted by Gasteiger charge is 2.16. The van der Waals surface area contributed by atoms with E-state index in [1.807, 2.05) is 0 Å². The smallest absolute Gasteiger partial charge is 0.407 e. The molecule has 8 nitrogen and oxygen atoms in total. The number of rotatable bonds is 8. The van der Waals surface area contributed by atoms with Gasteiger partial charge in [0, 0.05) is 19.6 Å². The predicted octanol–water partition coefficient (Wildman–Crippen LogP) is -0.542. The molecule has 8 heteroatoms. The summed E-state index contributed by atoms with van der Waals surface area (Å²) in [7, 11) is 0. The number of carboxylic acid groups (broad SMARTS) is 3. The van der Waals surface area contributed by atoms with Gasteiger partial charge in [0.1, 0.15) is 0 Å². The fourth-order valence-corrected chi connectivity index (χ4v) is 1.25. The van der Waals surface area contributed by atoms with Gasteiger partial charge in [-0.1, -0.05) is 0 Å². The molecule has 0 aliphatic carbocycles. The van der Waals surface area contributed by atoms with Gasteiger partial charge in [-0.05, 0) is 6.92 Å². The summed E-state index contributed by atoms with van der Waals surface area (Å²) < 4.78 is 0. The number of carbonyl (C=O) groups is 3. The molecule has 0 aromatic heterocycles. The molecule has 0 rings (SSSR count). The summed E-state index contributed by atoms with van der Waals surface area (Å²) in [6.45, 7) is 1.20. The molecule has 0 saturated carbocycles. The van der Waals surface area contributed by atoms with Crippen molar-refractivity contribution in [1.29, 1.82) is 0 Å². The van der Waals surface area contributed by atoms with Crippen LogP contribution in [-0.2, 0) is 9.59 Å². The van der Waals surface area contributed by atoms with E-state index in [0.29, 0.717) is 0 Å². The van der Waals surface area contributed by atoms with E-state index in [4.69, 9.17) is 15.3 Å². The average Bonchev–Trinajstić information content (AvgIpc) is 2.15. The molecule has 0 aromatic carbocycles. The Morgan fingerprint density at radius 2 is 1.41 bits per heavy atom. The lowest BCUT2D eigenvalue weighted by molar-refractivity contribution is -0.141. The van der Waals surface area contributed by atoms with Gasteiger partial charge in [-0.3, -0.25) is 14.5 Å². The summed E-state index contributed by atoms with van der Waals surface area (Å²) in [5.74, 6) is -2.30. The van der Waals surface area contributed by atoms with E-state index in [-0.39, 0.29) is 19.6 Å². The van der Waals surface area contributed by atoms with Crippen molar-refractivity contribution in [2.75, 3.05) is 32.7 Å². The van der Waals surface area contributed by atoms with Crippen LogP contribution in [-0.4, -0.2) is 75.9 Å². The molecule has 1 amide bonds. The van der Waals surface area contributed by atoms with Crippen molar-refractivity contribution in [3.63, 3.8) is 0 Å². The zero-order valence-electron chi connectivity index (χ0n) is 9.50. The van der Waals surface area contributed by atoms with E-state index in [2.05, 4.69) is 0 Å². The summed E-state index contributed by atoms with van der Waals surface area (Å²) in [6, 6.07) is 0. The number of likely N-dealkylation sites (N-methyl/N-ethyl adjacent to an activating group) is 1. The van der Waals surface area contributed by atoms with E-state index in [9.17, 15) is 14.4 Å². The summed E-state index contributed by atoms with van der Waals surface area (Å²) in [5.41, 5.74) is 0. The number of amides is 1. The van der Waals surface area contributed by atoms with Crippen molar-refractivity contribution in [2.45, 2.75) is 6.92 Å². The third-order valence-corrected chi connectivity index (χ3v) is 2.06. The Balaban J connectivity index is 4.27. The molecule has 0 spiro atoms. The average molecular weight is 248 g/mol. The van der Waals surface area contributed by atoms with Crippen LogP contribution in [0.4, 0.5) is 4.79 Å². The second-order valence-corrected chi connectivity index (χ2v) is 3.36. The maximum atomic E-state index is 10.7. The Bertz CT molecular complexity index is 277. The summed E-state index contributed by atoms with van der Waals surface area (Å²) in [6.07, 6.45) is -1.11. The number of nitrogens with zero attached hydrogens (tertiary/aromatic N) is 2. The highest BCUT2D eigenvalue weighted by molar-refractivity contribution is 5.72. The second kappa shape index (κ2) is 7.44. The van der Waals surface area contributed by atoms with Gasteiger partial charge < -0.3 is 20.2 Å². The minimum Gasteiger partial charge on any atom is -0.480 e. The Hall–Kier alpha value is -1.83. The highest BCUT2D eigenvalue weighted by atomic mass is 16.4. The predicted molar refractivity (Wildman–Crippen MR) is 57.0 cm³/mol. The van der Waals surface area contributed by atoms with Gasteiger partial charge in [-0.2, -0.15) is 0 Å². The minimum absolute atomic E-state index is 0.0682. The molecule has 0 aliphatic heterocycles. The lowest BCUT2D eigenvalue weighted by Gasteiger charge is -2.22. The van der Waals surface area contributed by atoms with Crippen LogP contribution in [0.1, 0.15) is 6.92 Å². The van der Waals surface area contributed by atoms with Gasteiger partial charge in [0.25, 0.3) is 0 Å². The monoisotopic (exact) mass is 248 g/mol. The van der Waals surface area contributed by atoms with Crippen LogP contribution in [0, 0.1) is 0 Å². The molecule has 17 heavy (non-hydrogen) atoms. The van der Waals surface area contributed by atoms with Crippen molar-refractivity contribution in [2.24, 2.45) is 0 Å². The largest absolute Gasteiger partial charge is 0.480 e. The van der Waals surface area contributed by atoms with Crippen molar-refractivity contribution in [3.8, 4) is 0 Å². The first-order valence-electron chi connectivity index (χ1n) is 5.00. The van der Waals surface area contributed by atoms with Gasteiger partial charge >= 0.3 is 18.0 Å². The van der Waals surface area contributed by atoms with Crippen LogP contribution in [0.3, 0.4) is 0 Å². The van der Waals surface area contributed by atoms with Gasteiger partial charge in [-0.15, -0.1) is 0 Å². The summed E-state index contributed by atoms with van der Waals surface area (Å²) in [5, 5.41) is 25.9. The zero-order valence-corrected chi connectivity index (χ0v) is 9.50. The maximum Gasteiger partial charge on any atom is 0.407 e. The Morgan fingerprint density at radius 3 is 1.71 bits per heavy atom. The van der Waals surface area contributed by atoms with Crippen LogP contribution in [0.25, 0.3) is 0 Å². The molecule has 0 atom stereocenters. The topological polar surface area (TPSA) is 118 Å². The van der Waals surface area contributed by atoms with Crippen LogP contribution in [0.2, 0.25) is 0 Å². The van der Waals surface area contributed by atoms with E-state index in [1.165, 1.54) is 0 Å². The van der Waals surface area contributed by atoms with Crippen LogP contribution in [0.15, 0.2) is 0 Å². The third kappa shape index (κ3) is 7.12. The maximum absolute atomic E-state index is 10.7. The molecule has 0 unspecified atom stereocenters. The van der Waals surface area contributed by atoms with Crippen molar-refractivity contribution >= 4 is 18.0 Å². The molecule has 0 radical (unpaired) electrons. The van der Waals surface area contributed by atoms with E-state index in [1.54, 1.807) is 6.92 Å². The molecule has 0 aliphatic rings. The first-order valence-corrected chi connectivity index (χ1v) is 5.00. The summed E-state index contributed by atoms with van der Waals surface area (Å²) >= 11 is 0. The fraction of sp³-hybridized carbons (Fsp3) is 0.667. The van der Waals surface area contributed by atoms with Gasteiger partial charge in [0.2, 0.25) is 0 Å². The molecule has 0 heterocycles. The first-order chi connectivity index (χ1) is 7.86. The number of carboxylic acids is 2. The lowest BCUT2D eigenvalue weighted by atomic mass is 10.4. The van der Waals surface area contributed by atoms with Gasteiger partial charge in [0.05, 0.1) is 13.1 Å². The molecular formula is C9H16N2O6. The molecule has 3 N–H and O–H groups in total. The number of hydrogen-bond donors (Lipinski definition) is 3. The van der Waals surface area contributed by atoms with E-state index < -0.39 is 31.1 Å². The van der Waals surface area contributed by atoms with Crippen LogP contribution >= 0.6 is 0 Å². The SMILES string of the molecule is CCN(CCN(CC(=O)O)CC(=O)O)C(=O)O. The normalized spacial score (nSPS) is 10.2. The standard InChI is InChI=1S/C9H16N2O6/c1-2-11(9(16)17)4-3-10(5-7(12)13)6-8(14)15/h2-6H2,1H3,(H,12,13)(H,14,15)(H,16,17). The number of aliphatic carboxylic acids is 2. The molecular weight excluding hydrogens is 232 g/mol. The molecule has 0 aromatic rings. The van der Waals surface area contributed by atoms with E-state index >= 15 is 0 Å². The summed E-state index contributed by atoms with van der Waals surface area (Å²) in [4.78, 5) is 33.9. The fourth-order valence-electron chi connectivity index (χ4n) is 1.25. The zero-order chi connectivity index (χ0) is 13.4. The molecule has 0 saturated heterocycles. The third-order valence-electron chi connectivity index (χ3n) is 2.06. The Labute approximate surface area is 98.0 Å². The highest BCUT2D eigenvalue weighted by Crippen LogP contribution is 1.93. The van der Waals surface area contributed by atoms with E-state index in [0.717, 1.165) is 9.80 Å². The lowest BCUT2D eigenvalue weighted by Crippen LogP contribution is -2.41. The first kappa shape index (κ1) is 15.2. The van der Waals surface area contributed by atoms with Crippen molar-refractivity contribution in [3.05, 3.63) is 0 Å². The van der Waals surface area contributed by atoms with Gasteiger partial charge in [-0.25, -0.2) is 4.79 Å². The molecule has 98 valence electrons. The molecule has 0 bridgehead atoms. The molecule has 0 fully saturated rings. The second-order valence-electron chi connectivity index (χ2n) is 3.36. The van der Waals surface area contributed by atoms with Crippen molar-refractivity contribution < 1.29 is 29.7 Å². The quantitative estimate of drug-likeness (QED) is 0.527. The number of hydrogen-bond acceptors (Lipinski definition) is 4. The van der Waals surface area contributed by atoms with Crippen molar-refractivity contribution in [1.82, 2.24) is 9.80 Å². The Morgan fingerprint density at radius 1 is 0.941 bits per heavy atom. The Kier molecular flexibility index (Phi) is 6.64. The van der Waals surface area contributed by atoms with Crippen LogP contribution < -0.4 is 0 Å². The minimum atomic E-state index is -1.15.